The zero-order valence-electron chi connectivity index (χ0n) is 16.7. The van der Waals surface area contributed by atoms with E-state index in [1.54, 1.807) is 17.5 Å². The number of aromatic nitrogens is 2. The molecule has 2 bridgehead atoms. The highest BCUT2D eigenvalue weighted by Crippen LogP contribution is 2.49. The third kappa shape index (κ3) is 4.02. The van der Waals surface area contributed by atoms with Gasteiger partial charge in [-0.3, -0.25) is 9.78 Å². The molecule has 0 saturated heterocycles. The second kappa shape index (κ2) is 8.66. The predicted octanol–water partition coefficient (Wildman–Crippen LogP) is 4.45. The SMILES string of the molecule is O=C(OCc1ccccc1)[C@H]1[C@H]2CC[C@@H](C2)[C@@H]1NCc1csc(-c2ccccn2)n1. The number of carbonyl (C=O) groups is 1. The number of ether oxygens (including phenoxy) is 1. The van der Waals surface area contributed by atoms with Gasteiger partial charge >= 0.3 is 5.97 Å². The number of rotatable bonds is 7. The molecule has 2 heterocycles. The summed E-state index contributed by atoms with van der Waals surface area (Å²) in [6.45, 7) is 1.01. The maximum atomic E-state index is 12.9. The molecule has 2 aromatic heterocycles. The van der Waals surface area contributed by atoms with Crippen molar-refractivity contribution in [2.24, 2.45) is 17.8 Å². The summed E-state index contributed by atoms with van der Waals surface area (Å²) in [7, 11) is 0. The lowest BCUT2D eigenvalue weighted by molar-refractivity contribution is -0.152. The van der Waals surface area contributed by atoms with E-state index in [1.165, 1.54) is 6.42 Å². The van der Waals surface area contributed by atoms with Gasteiger partial charge in [-0.15, -0.1) is 11.3 Å². The van der Waals surface area contributed by atoms with Crippen LogP contribution in [-0.2, 0) is 22.7 Å². The van der Waals surface area contributed by atoms with E-state index in [0.717, 1.165) is 34.8 Å². The van der Waals surface area contributed by atoms with Crippen molar-refractivity contribution < 1.29 is 9.53 Å². The van der Waals surface area contributed by atoms with Gasteiger partial charge in [0.15, 0.2) is 0 Å². The summed E-state index contributed by atoms with van der Waals surface area (Å²) in [5.41, 5.74) is 2.93. The Kier molecular flexibility index (Phi) is 5.60. The zero-order valence-corrected chi connectivity index (χ0v) is 17.6. The lowest BCUT2D eigenvalue weighted by Gasteiger charge is -2.30. The summed E-state index contributed by atoms with van der Waals surface area (Å²) in [6.07, 6.45) is 5.24. The molecule has 0 radical (unpaired) electrons. The number of nitrogens with one attached hydrogen (secondary N) is 1. The van der Waals surface area contributed by atoms with Crippen LogP contribution in [0.25, 0.3) is 10.7 Å². The molecule has 0 aliphatic heterocycles. The van der Waals surface area contributed by atoms with Crippen LogP contribution in [0.2, 0.25) is 0 Å². The van der Waals surface area contributed by atoms with Crippen molar-refractivity contribution in [1.29, 1.82) is 0 Å². The summed E-state index contributed by atoms with van der Waals surface area (Å²) in [5.74, 6) is 0.880. The standard InChI is InChI=1S/C24H25N3O2S/c28-24(29-14-16-6-2-1-3-7-16)21-17-9-10-18(12-17)22(21)26-13-19-15-30-23(27-19)20-8-4-5-11-25-20/h1-8,11,15,17-18,21-22,26H,9-10,12-14H2/t17-,18-,21-,22-/m0/s1. The predicted molar refractivity (Wildman–Crippen MR) is 117 cm³/mol. The molecule has 4 atom stereocenters. The van der Waals surface area contributed by atoms with Crippen molar-refractivity contribution >= 4 is 17.3 Å². The number of nitrogens with zero attached hydrogens (tertiary/aromatic N) is 2. The second-order valence-electron chi connectivity index (χ2n) is 8.22. The van der Waals surface area contributed by atoms with Crippen LogP contribution < -0.4 is 5.32 Å². The van der Waals surface area contributed by atoms with Crippen LogP contribution in [0.3, 0.4) is 0 Å². The first kappa shape index (κ1) is 19.4. The van der Waals surface area contributed by atoms with Crippen molar-refractivity contribution in [2.45, 2.75) is 38.5 Å². The van der Waals surface area contributed by atoms with Gasteiger partial charge in [0.05, 0.1) is 17.3 Å². The number of hydrogen-bond donors (Lipinski definition) is 1. The van der Waals surface area contributed by atoms with Crippen LogP contribution in [0.4, 0.5) is 0 Å². The molecule has 5 rings (SSSR count). The lowest BCUT2D eigenvalue weighted by Crippen LogP contribution is -2.44. The van der Waals surface area contributed by atoms with Gasteiger partial charge in [-0.25, -0.2) is 4.98 Å². The van der Waals surface area contributed by atoms with E-state index >= 15 is 0 Å². The Balaban J connectivity index is 1.22. The molecule has 2 saturated carbocycles. The van der Waals surface area contributed by atoms with Gasteiger partial charge in [0.2, 0.25) is 0 Å². The smallest absolute Gasteiger partial charge is 0.311 e. The first-order valence-corrected chi connectivity index (χ1v) is 11.5. The minimum absolute atomic E-state index is 0.0543. The fourth-order valence-corrected chi connectivity index (χ4v) is 5.76. The minimum atomic E-state index is -0.0593. The molecule has 2 fully saturated rings. The van der Waals surface area contributed by atoms with Crippen LogP contribution in [0.15, 0.2) is 60.1 Å². The maximum Gasteiger partial charge on any atom is 0.311 e. The molecule has 3 aromatic rings. The van der Waals surface area contributed by atoms with Gasteiger partial charge in [0, 0.05) is 24.2 Å². The molecule has 30 heavy (non-hydrogen) atoms. The highest BCUT2D eigenvalue weighted by Gasteiger charge is 2.51. The van der Waals surface area contributed by atoms with Crippen LogP contribution in [0, 0.1) is 17.8 Å². The zero-order chi connectivity index (χ0) is 20.3. The molecule has 0 amide bonds. The van der Waals surface area contributed by atoms with Gasteiger partial charge in [0.1, 0.15) is 11.6 Å². The monoisotopic (exact) mass is 419 g/mol. The summed E-state index contributed by atoms with van der Waals surface area (Å²) in [4.78, 5) is 22.0. The minimum Gasteiger partial charge on any atom is -0.461 e. The number of hydrogen-bond acceptors (Lipinski definition) is 6. The quantitative estimate of drug-likeness (QED) is 0.573. The maximum absolute atomic E-state index is 12.9. The highest BCUT2D eigenvalue weighted by molar-refractivity contribution is 7.13. The van der Waals surface area contributed by atoms with Crippen LogP contribution in [-0.4, -0.2) is 22.0 Å². The number of thiazole rings is 1. The normalized spacial score (nSPS) is 24.8. The molecular weight excluding hydrogens is 394 g/mol. The topological polar surface area (TPSA) is 64.1 Å². The van der Waals surface area contributed by atoms with Gasteiger partial charge in [-0.05, 0) is 48.8 Å². The number of benzene rings is 1. The third-order valence-electron chi connectivity index (χ3n) is 6.37. The van der Waals surface area contributed by atoms with Gasteiger partial charge < -0.3 is 10.1 Å². The molecule has 0 spiro atoms. The van der Waals surface area contributed by atoms with Gasteiger partial charge in [-0.2, -0.15) is 0 Å². The Morgan fingerprint density at radius 1 is 1.10 bits per heavy atom. The van der Waals surface area contributed by atoms with Crippen molar-refractivity contribution in [3.05, 3.63) is 71.4 Å². The van der Waals surface area contributed by atoms with E-state index in [1.807, 2.05) is 48.5 Å². The Bertz CT molecular complexity index is 992. The van der Waals surface area contributed by atoms with E-state index in [-0.39, 0.29) is 17.9 Å². The Labute approximate surface area is 180 Å². The van der Waals surface area contributed by atoms with Gasteiger partial charge in [-0.1, -0.05) is 36.4 Å². The fraction of sp³-hybridized carbons (Fsp3) is 0.375. The van der Waals surface area contributed by atoms with Crippen molar-refractivity contribution in [2.75, 3.05) is 0 Å². The van der Waals surface area contributed by atoms with Crippen LogP contribution in [0.5, 0.6) is 0 Å². The average molecular weight is 420 g/mol. The van der Waals surface area contributed by atoms with Crippen LogP contribution >= 0.6 is 11.3 Å². The van der Waals surface area contributed by atoms with Crippen molar-refractivity contribution in [3.63, 3.8) is 0 Å². The summed E-state index contributed by atoms with van der Waals surface area (Å²) in [6, 6.07) is 15.9. The largest absolute Gasteiger partial charge is 0.461 e. The Morgan fingerprint density at radius 2 is 1.93 bits per heavy atom. The van der Waals surface area contributed by atoms with Crippen molar-refractivity contribution in [1.82, 2.24) is 15.3 Å². The summed E-state index contributed by atoms with van der Waals surface area (Å²) < 4.78 is 5.71. The number of esters is 1. The molecular formula is C24H25N3O2S. The first-order chi connectivity index (χ1) is 14.8. The highest BCUT2D eigenvalue weighted by atomic mass is 32.1. The van der Waals surface area contributed by atoms with E-state index < -0.39 is 0 Å². The molecule has 1 aromatic carbocycles. The number of pyridine rings is 1. The molecule has 154 valence electrons. The Morgan fingerprint density at radius 3 is 2.77 bits per heavy atom. The summed E-state index contributed by atoms with van der Waals surface area (Å²) in [5, 5.41) is 6.65. The first-order valence-electron chi connectivity index (χ1n) is 10.6. The molecule has 2 aliphatic rings. The lowest BCUT2D eigenvalue weighted by atomic mass is 9.84. The second-order valence-corrected chi connectivity index (χ2v) is 9.08. The molecule has 5 nitrogen and oxygen atoms in total. The van der Waals surface area contributed by atoms with E-state index in [9.17, 15) is 4.79 Å². The van der Waals surface area contributed by atoms with Gasteiger partial charge in [0.25, 0.3) is 0 Å². The fourth-order valence-electron chi connectivity index (χ4n) is 4.97. The molecule has 0 unspecified atom stereocenters. The van der Waals surface area contributed by atoms with E-state index in [4.69, 9.17) is 9.72 Å². The van der Waals surface area contributed by atoms with E-state index in [0.29, 0.717) is 25.0 Å². The van der Waals surface area contributed by atoms with E-state index in [2.05, 4.69) is 15.7 Å². The summed E-state index contributed by atoms with van der Waals surface area (Å²) >= 11 is 1.61. The van der Waals surface area contributed by atoms with Crippen molar-refractivity contribution in [3.8, 4) is 10.7 Å². The Hall–Kier alpha value is -2.57. The molecule has 1 N–H and O–H groups in total. The number of fused-ring (bicyclic) bond motifs is 2. The third-order valence-corrected chi connectivity index (χ3v) is 7.28. The average Bonchev–Trinajstić information content (AvgIpc) is 3.53. The number of carbonyl (C=O) groups excluding carboxylic acids is 1. The van der Waals surface area contributed by atoms with Crippen LogP contribution in [0.1, 0.15) is 30.5 Å². The molecule has 2 aliphatic carbocycles. The molecule has 6 heteroatoms.